The Balaban J connectivity index is 2.05. The van der Waals surface area contributed by atoms with E-state index in [1.807, 2.05) is 6.07 Å². The summed E-state index contributed by atoms with van der Waals surface area (Å²) < 4.78 is 12.8. The fraction of sp³-hybridized carbons (Fsp3) is 0.200. The van der Waals surface area contributed by atoms with E-state index in [4.69, 9.17) is 5.26 Å². The van der Waals surface area contributed by atoms with Gasteiger partial charge in [-0.05, 0) is 36.8 Å². The zero-order chi connectivity index (χ0) is 14.5. The molecule has 20 heavy (non-hydrogen) atoms. The molecule has 1 aromatic heterocycles. The van der Waals surface area contributed by atoms with Gasteiger partial charge in [-0.3, -0.25) is 0 Å². The first kappa shape index (κ1) is 14.0. The molecule has 5 heteroatoms. The summed E-state index contributed by atoms with van der Waals surface area (Å²) in [4.78, 5) is 4.07. The molecule has 1 aromatic carbocycles. The van der Waals surface area contributed by atoms with E-state index in [1.165, 1.54) is 18.3 Å². The van der Waals surface area contributed by atoms with Crippen molar-refractivity contribution in [3.63, 3.8) is 0 Å². The topological polar surface area (TPSA) is 68.9 Å². The normalized spacial score (nSPS) is 13.3. The molecule has 0 saturated heterocycles. The van der Waals surface area contributed by atoms with Gasteiger partial charge in [0, 0.05) is 6.20 Å². The van der Waals surface area contributed by atoms with Crippen molar-refractivity contribution in [1.82, 2.24) is 4.98 Å². The maximum atomic E-state index is 12.8. The van der Waals surface area contributed by atoms with Crippen LogP contribution in [0.1, 0.15) is 24.2 Å². The highest BCUT2D eigenvalue weighted by Crippen LogP contribution is 2.19. The molecule has 2 rings (SSSR count). The van der Waals surface area contributed by atoms with E-state index in [0.717, 1.165) is 0 Å². The molecule has 0 aliphatic carbocycles. The first-order chi connectivity index (χ1) is 9.60. The van der Waals surface area contributed by atoms with Crippen LogP contribution in [0.3, 0.4) is 0 Å². The predicted molar refractivity (Wildman–Crippen MR) is 73.4 cm³/mol. The second-order valence-electron chi connectivity index (χ2n) is 4.47. The molecule has 0 radical (unpaired) electrons. The van der Waals surface area contributed by atoms with Gasteiger partial charge in [0.2, 0.25) is 0 Å². The van der Waals surface area contributed by atoms with Gasteiger partial charge in [-0.15, -0.1) is 0 Å². The van der Waals surface area contributed by atoms with Gasteiger partial charge in [0.25, 0.3) is 0 Å². The highest BCUT2D eigenvalue weighted by Gasteiger charge is 2.16. The molecule has 0 fully saturated rings. The second kappa shape index (κ2) is 6.13. The number of pyridine rings is 1. The zero-order valence-electron chi connectivity index (χ0n) is 10.9. The molecule has 0 aliphatic rings. The lowest BCUT2D eigenvalue weighted by molar-refractivity contribution is 0.160. The lowest BCUT2D eigenvalue weighted by Crippen LogP contribution is -2.24. The van der Waals surface area contributed by atoms with Crippen LogP contribution < -0.4 is 5.32 Å². The number of hydrogen-bond donors (Lipinski definition) is 2. The third-order valence-electron chi connectivity index (χ3n) is 2.95. The minimum Gasteiger partial charge on any atom is -0.386 e. The number of anilines is 1. The highest BCUT2D eigenvalue weighted by molar-refractivity contribution is 5.40. The van der Waals surface area contributed by atoms with Crippen LogP contribution in [0.5, 0.6) is 0 Å². The summed E-state index contributed by atoms with van der Waals surface area (Å²) in [6.45, 7) is 1.80. The van der Waals surface area contributed by atoms with Crippen molar-refractivity contribution in [1.29, 1.82) is 5.26 Å². The number of nitrogens with one attached hydrogen (secondary N) is 1. The van der Waals surface area contributed by atoms with Gasteiger partial charge in [0.05, 0.1) is 17.7 Å². The van der Waals surface area contributed by atoms with E-state index in [0.29, 0.717) is 16.9 Å². The van der Waals surface area contributed by atoms with Crippen molar-refractivity contribution in [2.45, 2.75) is 19.1 Å². The van der Waals surface area contributed by atoms with Crippen LogP contribution in [0.4, 0.5) is 10.2 Å². The van der Waals surface area contributed by atoms with Crippen molar-refractivity contribution in [3.8, 4) is 6.07 Å². The Labute approximate surface area is 116 Å². The maximum absolute atomic E-state index is 12.8. The number of halogens is 1. The minimum absolute atomic E-state index is 0.305. The van der Waals surface area contributed by atoms with Crippen molar-refractivity contribution in [2.75, 3.05) is 5.32 Å². The number of aliphatic hydroxyl groups excluding tert-OH is 1. The quantitative estimate of drug-likeness (QED) is 0.897. The van der Waals surface area contributed by atoms with Crippen LogP contribution in [0.15, 0.2) is 42.6 Å². The van der Waals surface area contributed by atoms with Gasteiger partial charge >= 0.3 is 0 Å². The minimum atomic E-state index is -0.784. The number of nitrogens with zero attached hydrogens (tertiary/aromatic N) is 2. The summed E-state index contributed by atoms with van der Waals surface area (Å²) >= 11 is 0. The number of aromatic nitrogens is 1. The maximum Gasteiger partial charge on any atom is 0.126 e. The van der Waals surface area contributed by atoms with Gasteiger partial charge in [-0.1, -0.05) is 12.1 Å². The molecular weight excluding hydrogens is 257 g/mol. The molecule has 2 N–H and O–H groups in total. The molecule has 102 valence electrons. The summed E-state index contributed by atoms with van der Waals surface area (Å²) in [5.41, 5.74) is 1.10. The zero-order valence-corrected chi connectivity index (χ0v) is 10.9. The summed E-state index contributed by atoms with van der Waals surface area (Å²) in [5, 5.41) is 21.9. The molecule has 2 aromatic rings. The Hall–Kier alpha value is -2.45. The van der Waals surface area contributed by atoms with Crippen molar-refractivity contribution < 1.29 is 9.50 Å². The first-order valence-corrected chi connectivity index (χ1v) is 6.16. The summed E-state index contributed by atoms with van der Waals surface area (Å²) in [7, 11) is 0. The molecule has 2 unspecified atom stereocenters. The lowest BCUT2D eigenvalue weighted by atomic mass is 10.0. The van der Waals surface area contributed by atoms with Crippen molar-refractivity contribution >= 4 is 5.82 Å². The fourth-order valence-corrected chi connectivity index (χ4v) is 1.81. The number of nitriles is 1. The molecule has 1 heterocycles. The standard InChI is InChI=1S/C15H14FN3O/c1-10(15(20)12-3-5-13(16)6-4-12)19-14-7-2-11(8-17)9-18-14/h2-7,9-10,15,20H,1H3,(H,18,19). The van der Waals surface area contributed by atoms with Gasteiger partial charge in [0.1, 0.15) is 17.7 Å². The molecule has 0 bridgehead atoms. The third-order valence-corrected chi connectivity index (χ3v) is 2.95. The molecule has 0 saturated carbocycles. The van der Waals surface area contributed by atoms with Crippen LogP contribution in [0.2, 0.25) is 0 Å². The van der Waals surface area contributed by atoms with Crippen LogP contribution >= 0.6 is 0 Å². The molecule has 0 aliphatic heterocycles. The SMILES string of the molecule is CC(Nc1ccc(C#N)cn1)C(O)c1ccc(F)cc1. The fourth-order valence-electron chi connectivity index (χ4n) is 1.81. The number of rotatable bonds is 4. The lowest BCUT2D eigenvalue weighted by Gasteiger charge is -2.21. The molecule has 0 spiro atoms. The van der Waals surface area contributed by atoms with E-state index < -0.39 is 6.10 Å². The van der Waals surface area contributed by atoms with Gasteiger partial charge in [0.15, 0.2) is 0 Å². The molecule has 2 atom stereocenters. The van der Waals surface area contributed by atoms with E-state index in [9.17, 15) is 9.50 Å². The number of benzene rings is 1. The van der Waals surface area contributed by atoms with Crippen LogP contribution in [0.25, 0.3) is 0 Å². The predicted octanol–water partition coefficient (Wildman–Crippen LogP) is 2.63. The number of aliphatic hydroxyl groups is 1. The average molecular weight is 271 g/mol. The summed E-state index contributed by atoms with van der Waals surface area (Å²) in [6, 6.07) is 10.7. The Morgan fingerprint density at radius 3 is 2.50 bits per heavy atom. The number of hydrogen-bond acceptors (Lipinski definition) is 4. The van der Waals surface area contributed by atoms with Gasteiger partial charge < -0.3 is 10.4 Å². The summed E-state index contributed by atoms with van der Waals surface area (Å²) in [5.74, 6) is 0.230. The Morgan fingerprint density at radius 2 is 1.95 bits per heavy atom. The van der Waals surface area contributed by atoms with E-state index in [1.54, 1.807) is 31.2 Å². The van der Waals surface area contributed by atoms with E-state index in [-0.39, 0.29) is 11.9 Å². The molecular formula is C15H14FN3O. The Bertz CT molecular complexity index is 605. The first-order valence-electron chi connectivity index (χ1n) is 6.16. The smallest absolute Gasteiger partial charge is 0.126 e. The van der Waals surface area contributed by atoms with Crippen LogP contribution in [-0.2, 0) is 0 Å². The average Bonchev–Trinajstić information content (AvgIpc) is 2.48. The van der Waals surface area contributed by atoms with Crippen molar-refractivity contribution in [3.05, 3.63) is 59.5 Å². The summed E-state index contributed by atoms with van der Waals surface area (Å²) in [6.07, 6.45) is 0.673. The Morgan fingerprint density at radius 1 is 1.25 bits per heavy atom. The largest absolute Gasteiger partial charge is 0.386 e. The van der Waals surface area contributed by atoms with Gasteiger partial charge in [-0.25, -0.2) is 9.37 Å². The Kier molecular flexibility index (Phi) is 4.28. The molecule has 0 amide bonds. The van der Waals surface area contributed by atoms with E-state index in [2.05, 4.69) is 10.3 Å². The van der Waals surface area contributed by atoms with Crippen molar-refractivity contribution in [2.24, 2.45) is 0 Å². The monoisotopic (exact) mass is 271 g/mol. The van der Waals surface area contributed by atoms with Gasteiger partial charge in [-0.2, -0.15) is 5.26 Å². The third kappa shape index (κ3) is 3.31. The highest BCUT2D eigenvalue weighted by atomic mass is 19.1. The second-order valence-corrected chi connectivity index (χ2v) is 4.47. The van der Waals surface area contributed by atoms with E-state index >= 15 is 0 Å². The molecule has 4 nitrogen and oxygen atoms in total. The van der Waals surface area contributed by atoms with Crippen LogP contribution in [0, 0.1) is 17.1 Å². The van der Waals surface area contributed by atoms with Crippen LogP contribution in [-0.4, -0.2) is 16.1 Å².